The molecule has 0 atom stereocenters. The normalized spacial score (nSPS) is 12.0. The van der Waals surface area contributed by atoms with Crippen LogP contribution in [0.5, 0.6) is 0 Å². The van der Waals surface area contributed by atoms with Gasteiger partial charge in [0, 0.05) is 20.6 Å². The molecule has 6 rings (SSSR count). The van der Waals surface area contributed by atoms with Gasteiger partial charge in [-0.1, -0.05) is 76.6 Å². The molecule has 0 fully saturated rings. The maximum absolute atomic E-state index is 3.71. The second-order valence-electron chi connectivity index (χ2n) is 6.76. The molecule has 1 nitrogen and oxygen atoms in total. The van der Waals surface area contributed by atoms with Crippen LogP contribution in [-0.2, 0) is 0 Å². The Balaban J connectivity index is 1.90. The zero-order chi connectivity index (χ0) is 17.3. The molecule has 2 heteroatoms. The SMILES string of the molecule is Brc1ccc(-n2c3cccc4ccc5cccc2c5c43)c2ccccc12. The van der Waals surface area contributed by atoms with Gasteiger partial charge in [0.25, 0.3) is 0 Å². The number of hydrogen-bond donors (Lipinski definition) is 0. The van der Waals surface area contributed by atoms with Crippen molar-refractivity contribution in [2.24, 2.45) is 0 Å². The summed E-state index contributed by atoms with van der Waals surface area (Å²) in [6.07, 6.45) is 0. The van der Waals surface area contributed by atoms with Crippen molar-refractivity contribution in [1.82, 2.24) is 4.57 Å². The van der Waals surface area contributed by atoms with Crippen molar-refractivity contribution in [3.8, 4) is 5.69 Å². The molecule has 0 aliphatic rings. The first-order valence-electron chi connectivity index (χ1n) is 8.75. The van der Waals surface area contributed by atoms with Gasteiger partial charge in [0.15, 0.2) is 0 Å². The van der Waals surface area contributed by atoms with Crippen molar-refractivity contribution in [3.63, 3.8) is 0 Å². The summed E-state index contributed by atoms with van der Waals surface area (Å²) in [7, 11) is 0. The molecule has 26 heavy (non-hydrogen) atoms. The summed E-state index contributed by atoms with van der Waals surface area (Å²) in [6, 6.07) is 30.6. The molecule has 6 aromatic rings. The van der Waals surface area contributed by atoms with E-state index in [0.29, 0.717) is 0 Å². The zero-order valence-corrected chi connectivity index (χ0v) is 15.5. The number of halogens is 1. The number of fused-ring (bicyclic) bond motifs is 1. The van der Waals surface area contributed by atoms with Gasteiger partial charge in [-0.2, -0.15) is 0 Å². The highest BCUT2D eigenvalue weighted by Gasteiger charge is 2.17. The predicted molar refractivity (Wildman–Crippen MR) is 115 cm³/mol. The fraction of sp³-hybridized carbons (Fsp3) is 0. The number of aromatic nitrogens is 1. The lowest BCUT2D eigenvalue weighted by Crippen LogP contribution is -1.95. The molecule has 0 spiro atoms. The molecular formula is C24H14BrN. The average Bonchev–Trinajstić information content (AvgIpc) is 3.03. The Morgan fingerprint density at radius 3 is 1.81 bits per heavy atom. The Kier molecular flexibility index (Phi) is 2.81. The first-order chi connectivity index (χ1) is 12.8. The monoisotopic (exact) mass is 395 g/mol. The molecule has 0 amide bonds. The Hall–Kier alpha value is -2.84. The molecular weight excluding hydrogens is 382 g/mol. The molecule has 0 saturated heterocycles. The standard InChI is InChI=1S/C24H14BrN/c25-19-13-14-20(18-8-2-1-7-17(18)19)26-21-9-3-5-15-11-12-16-6-4-10-22(26)24(16)23(15)21/h1-14H. The van der Waals surface area contributed by atoms with Crippen LogP contribution in [0, 0.1) is 0 Å². The minimum atomic E-state index is 1.13. The molecule has 0 N–H and O–H groups in total. The Bertz CT molecular complexity index is 1370. The van der Waals surface area contributed by atoms with Crippen molar-refractivity contribution in [3.05, 3.63) is 89.4 Å². The van der Waals surface area contributed by atoms with Crippen molar-refractivity contribution >= 4 is 59.3 Å². The van der Waals surface area contributed by atoms with Crippen LogP contribution in [-0.4, -0.2) is 4.57 Å². The Morgan fingerprint density at radius 2 is 1.15 bits per heavy atom. The van der Waals surface area contributed by atoms with E-state index in [1.165, 1.54) is 49.0 Å². The van der Waals surface area contributed by atoms with Gasteiger partial charge in [-0.05, 0) is 40.4 Å². The van der Waals surface area contributed by atoms with E-state index in [0.717, 1.165) is 4.47 Å². The molecule has 0 unspecified atom stereocenters. The van der Waals surface area contributed by atoms with Gasteiger partial charge in [0.2, 0.25) is 0 Å². The van der Waals surface area contributed by atoms with Crippen molar-refractivity contribution in [2.45, 2.75) is 0 Å². The second kappa shape index (κ2) is 5.09. The highest BCUT2D eigenvalue weighted by molar-refractivity contribution is 9.10. The van der Waals surface area contributed by atoms with Crippen LogP contribution in [0.1, 0.15) is 0 Å². The van der Waals surface area contributed by atoms with Crippen molar-refractivity contribution in [2.75, 3.05) is 0 Å². The third-order valence-electron chi connectivity index (χ3n) is 5.41. The smallest absolute Gasteiger partial charge is 0.0547 e. The van der Waals surface area contributed by atoms with E-state index in [1.807, 2.05) is 0 Å². The summed E-state index contributed by atoms with van der Waals surface area (Å²) >= 11 is 3.71. The third kappa shape index (κ3) is 1.75. The number of benzene rings is 5. The van der Waals surface area contributed by atoms with Crippen molar-refractivity contribution in [1.29, 1.82) is 0 Å². The molecule has 0 aliphatic heterocycles. The molecule has 0 saturated carbocycles. The van der Waals surface area contributed by atoms with Crippen LogP contribution in [0.3, 0.4) is 0 Å². The van der Waals surface area contributed by atoms with E-state index in [1.54, 1.807) is 0 Å². The predicted octanol–water partition coefficient (Wildman–Crippen LogP) is 7.29. The number of nitrogens with zero attached hydrogens (tertiary/aromatic N) is 1. The topological polar surface area (TPSA) is 4.93 Å². The van der Waals surface area contributed by atoms with E-state index < -0.39 is 0 Å². The van der Waals surface area contributed by atoms with Gasteiger partial charge in [-0.15, -0.1) is 0 Å². The van der Waals surface area contributed by atoms with Crippen LogP contribution in [0.15, 0.2) is 89.4 Å². The molecule has 122 valence electrons. The van der Waals surface area contributed by atoms with Gasteiger partial charge >= 0.3 is 0 Å². The maximum Gasteiger partial charge on any atom is 0.0547 e. The highest BCUT2D eigenvalue weighted by atomic mass is 79.9. The van der Waals surface area contributed by atoms with Gasteiger partial charge in [0.1, 0.15) is 0 Å². The van der Waals surface area contributed by atoms with Gasteiger partial charge in [-0.25, -0.2) is 0 Å². The van der Waals surface area contributed by atoms with Crippen LogP contribution in [0.2, 0.25) is 0 Å². The quantitative estimate of drug-likeness (QED) is 0.257. The molecule has 1 heterocycles. The van der Waals surface area contributed by atoms with Gasteiger partial charge in [-0.3, -0.25) is 0 Å². The van der Waals surface area contributed by atoms with Gasteiger partial charge in [0.05, 0.1) is 16.7 Å². The van der Waals surface area contributed by atoms with Crippen molar-refractivity contribution < 1.29 is 0 Å². The van der Waals surface area contributed by atoms with E-state index in [2.05, 4.69) is 105 Å². The minimum absolute atomic E-state index is 1.13. The summed E-state index contributed by atoms with van der Waals surface area (Å²) in [5.74, 6) is 0. The van der Waals surface area contributed by atoms with E-state index in [9.17, 15) is 0 Å². The summed E-state index contributed by atoms with van der Waals surface area (Å²) in [4.78, 5) is 0. The minimum Gasteiger partial charge on any atom is -0.309 e. The fourth-order valence-electron chi connectivity index (χ4n) is 4.32. The molecule has 0 radical (unpaired) electrons. The van der Waals surface area contributed by atoms with E-state index in [-0.39, 0.29) is 0 Å². The van der Waals surface area contributed by atoms with Crippen LogP contribution in [0.4, 0.5) is 0 Å². The van der Waals surface area contributed by atoms with Gasteiger partial charge < -0.3 is 4.57 Å². The molecule has 0 aliphatic carbocycles. The lowest BCUT2D eigenvalue weighted by molar-refractivity contribution is 1.20. The van der Waals surface area contributed by atoms with E-state index in [4.69, 9.17) is 0 Å². The highest BCUT2D eigenvalue weighted by Crippen LogP contribution is 2.40. The first-order valence-corrected chi connectivity index (χ1v) is 9.54. The first kappa shape index (κ1) is 14.3. The average molecular weight is 396 g/mol. The molecule has 5 aromatic carbocycles. The summed E-state index contributed by atoms with van der Waals surface area (Å²) in [5.41, 5.74) is 3.75. The second-order valence-corrected chi connectivity index (χ2v) is 7.62. The maximum atomic E-state index is 3.71. The summed E-state index contributed by atoms with van der Waals surface area (Å²) in [5, 5.41) is 7.79. The third-order valence-corrected chi connectivity index (χ3v) is 6.10. The number of rotatable bonds is 1. The number of hydrogen-bond acceptors (Lipinski definition) is 0. The fourth-order valence-corrected chi connectivity index (χ4v) is 4.80. The molecule has 1 aromatic heterocycles. The largest absolute Gasteiger partial charge is 0.309 e. The van der Waals surface area contributed by atoms with E-state index >= 15 is 0 Å². The Morgan fingerprint density at radius 1 is 0.538 bits per heavy atom. The lowest BCUT2D eigenvalue weighted by Gasteiger charge is -2.12. The summed E-state index contributed by atoms with van der Waals surface area (Å²) in [6.45, 7) is 0. The Labute approximate surface area is 158 Å². The van der Waals surface area contributed by atoms with Crippen LogP contribution in [0.25, 0.3) is 49.0 Å². The van der Waals surface area contributed by atoms with Crippen LogP contribution < -0.4 is 0 Å². The zero-order valence-electron chi connectivity index (χ0n) is 13.9. The lowest BCUT2D eigenvalue weighted by atomic mass is 10.0. The van der Waals surface area contributed by atoms with Crippen LogP contribution >= 0.6 is 15.9 Å². The summed E-state index contributed by atoms with van der Waals surface area (Å²) < 4.78 is 3.55. The molecule has 0 bridgehead atoms.